The average molecular weight is 275 g/mol. The number of nitrogens with two attached hydrogens (primary N) is 1. The summed E-state index contributed by atoms with van der Waals surface area (Å²) in [7, 11) is 0. The van der Waals surface area contributed by atoms with Gasteiger partial charge < -0.3 is 15.5 Å². The van der Waals surface area contributed by atoms with E-state index in [1.54, 1.807) is 23.0 Å². The van der Waals surface area contributed by atoms with Crippen LogP contribution < -0.4 is 11.1 Å². The summed E-state index contributed by atoms with van der Waals surface area (Å²) in [5.74, 6) is -0.926. The summed E-state index contributed by atoms with van der Waals surface area (Å²) in [6.07, 6.45) is 5.01. The van der Waals surface area contributed by atoms with Gasteiger partial charge in [0, 0.05) is 18.9 Å². The summed E-state index contributed by atoms with van der Waals surface area (Å²) >= 11 is 0. The maximum absolute atomic E-state index is 13.1. The van der Waals surface area contributed by atoms with Gasteiger partial charge in [-0.2, -0.15) is 0 Å². The van der Waals surface area contributed by atoms with Gasteiger partial charge in [0.15, 0.2) is 23.1 Å². The fourth-order valence-corrected chi connectivity index (χ4v) is 1.91. The molecule has 0 atom stereocenters. The Morgan fingerprint density at radius 2 is 2.10 bits per heavy atom. The van der Waals surface area contributed by atoms with Crippen LogP contribution in [0.4, 0.5) is 20.4 Å². The number of nitrogens with one attached hydrogen (secondary N) is 1. The highest BCUT2D eigenvalue weighted by atomic mass is 19.2. The van der Waals surface area contributed by atoms with Gasteiger partial charge >= 0.3 is 0 Å². The number of imidazole rings is 1. The second-order valence-electron chi connectivity index (χ2n) is 4.27. The topological polar surface area (TPSA) is 68.2 Å². The Hall–Kier alpha value is -2.70. The molecule has 0 saturated carbocycles. The Bertz CT molecular complexity index is 769. The third kappa shape index (κ3) is 2.25. The van der Waals surface area contributed by atoms with Crippen LogP contribution in [0.2, 0.25) is 0 Å². The molecule has 102 valence electrons. The predicted molar refractivity (Wildman–Crippen MR) is 71.1 cm³/mol. The number of rotatable bonds is 3. The number of benzene rings is 1. The summed E-state index contributed by atoms with van der Waals surface area (Å²) in [4.78, 5) is 8.30. The molecule has 0 aliphatic heterocycles. The largest absolute Gasteiger partial charge is 0.382 e. The molecule has 3 N–H and O–H groups in total. The van der Waals surface area contributed by atoms with Crippen LogP contribution in [0.15, 0.2) is 36.8 Å². The summed E-state index contributed by atoms with van der Waals surface area (Å²) in [6.45, 7) is 0.288. The fourth-order valence-electron chi connectivity index (χ4n) is 1.91. The van der Waals surface area contributed by atoms with E-state index in [1.165, 1.54) is 6.07 Å². The van der Waals surface area contributed by atoms with Crippen LogP contribution >= 0.6 is 0 Å². The first-order chi connectivity index (χ1) is 9.63. The number of hydrogen-bond donors (Lipinski definition) is 2. The second kappa shape index (κ2) is 4.76. The van der Waals surface area contributed by atoms with Crippen molar-refractivity contribution in [2.75, 3.05) is 11.1 Å². The van der Waals surface area contributed by atoms with Crippen molar-refractivity contribution in [3.63, 3.8) is 0 Å². The van der Waals surface area contributed by atoms with Crippen molar-refractivity contribution in [1.82, 2.24) is 14.4 Å². The van der Waals surface area contributed by atoms with E-state index in [1.807, 2.05) is 0 Å². The number of nitrogens with zero attached hydrogens (tertiary/aromatic N) is 3. The molecule has 1 aromatic carbocycles. The van der Waals surface area contributed by atoms with Crippen molar-refractivity contribution in [3.05, 3.63) is 54.0 Å². The highest BCUT2D eigenvalue weighted by Gasteiger charge is 2.07. The molecule has 2 aromatic heterocycles. The van der Waals surface area contributed by atoms with Gasteiger partial charge in [-0.3, -0.25) is 0 Å². The summed E-state index contributed by atoms with van der Waals surface area (Å²) in [5.41, 5.74) is 6.90. The molecule has 3 aromatic rings. The van der Waals surface area contributed by atoms with Gasteiger partial charge in [-0.1, -0.05) is 6.07 Å². The lowest BCUT2D eigenvalue weighted by Gasteiger charge is -2.08. The highest BCUT2D eigenvalue weighted by molar-refractivity contribution is 5.64. The molecule has 0 saturated heterocycles. The van der Waals surface area contributed by atoms with E-state index in [0.29, 0.717) is 22.8 Å². The Morgan fingerprint density at radius 3 is 2.90 bits per heavy atom. The first kappa shape index (κ1) is 12.3. The molecular formula is C13H11F2N5. The van der Waals surface area contributed by atoms with Crippen LogP contribution in [0.25, 0.3) is 5.65 Å². The number of nitrogen functional groups attached to an aromatic ring is 1. The maximum Gasteiger partial charge on any atom is 0.180 e. The lowest BCUT2D eigenvalue weighted by Crippen LogP contribution is -2.06. The molecule has 0 aliphatic rings. The number of halogens is 2. The molecule has 7 heteroatoms. The molecule has 0 spiro atoms. The van der Waals surface area contributed by atoms with Crippen LogP contribution in [-0.2, 0) is 6.54 Å². The number of aromatic nitrogens is 3. The molecule has 0 radical (unpaired) electrons. The van der Waals surface area contributed by atoms with Crippen LogP contribution in [0.5, 0.6) is 0 Å². The molecule has 0 aliphatic carbocycles. The van der Waals surface area contributed by atoms with Gasteiger partial charge in [0.05, 0.1) is 6.20 Å². The Balaban J connectivity index is 1.86. The number of hydrogen-bond acceptors (Lipinski definition) is 4. The standard InChI is InChI=1S/C13H11F2N5/c14-9-2-1-8(5-10(9)15)6-18-12-13-17-3-4-20(13)7-11(16)19-12/h1-5,7H,6,16H2,(H,18,19). The Morgan fingerprint density at radius 1 is 1.25 bits per heavy atom. The molecule has 5 nitrogen and oxygen atoms in total. The van der Waals surface area contributed by atoms with E-state index < -0.39 is 11.6 Å². The van der Waals surface area contributed by atoms with Crippen LogP contribution in [0, 0.1) is 11.6 Å². The lowest BCUT2D eigenvalue weighted by atomic mass is 10.2. The predicted octanol–water partition coefficient (Wildman–Crippen LogP) is 2.20. The number of anilines is 2. The smallest absolute Gasteiger partial charge is 0.180 e. The van der Waals surface area contributed by atoms with Gasteiger partial charge in [-0.15, -0.1) is 0 Å². The normalized spacial score (nSPS) is 10.9. The monoisotopic (exact) mass is 275 g/mol. The molecular weight excluding hydrogens is 264 g/mol. The lowest BCUT2D eigenvalue weighted by molar-refractivity contribution is 0.507. The van der Waals surface area contributed by atoms with Crippen LogP contribution in [0.1, 0.15) is 5.56 Å². The first-order valence-corrected chi connectivity index (χ1v) is 5.90. The summed E-state index contributed by atoms with van der Waals surface area (Å²) in [5, 5.41) is 3.01. The first-order valence-electron chi connectivity index (χ1n) is 5.90. The summed E-state index contributed by atoms with van der Waals surface area (Å²) < 4.78 is 27.7. The van der Waals surface area contributed by atoms with Crippen LogP contribution in [0.3, 0.4) is 0 Å². The van der Waals surface area contributed by atoms with Crippen molar-refractivity contribution < 1.29 is 8.78 Å². The molecule has 0 bridgehead atoms. The molecule has 0 amide bonds. The van der Waals surface area contributed by atoms with Crippen molar-refractivity contribution in [1.29, 1.82) is 0 Å². The zero-order valence-corrected chi connectivity index (χ0v) is 10.3. The molecule has 20 heavy (non-hydrogen) atoms. The van der Waals surface area contributed by atoms with Crippen LogP contribution in [-0.4, -0.2) is 14.4 Å². The zero-order valence-electron chi connectivity index (χ0n) is 10.3. The third-order valence-electron chi connectivity index (χ3n) is 2.84. The highest BCUT2D eigenvalue weighted by Crippen LogP contribution is 2.16. The minimum absolute atomic E-state index is 0.288. The van der Waals surface area contributed by atoms with Gasteiger partial charge in [0.1, 0.15) is 5.82 Å². The SMILES string of the molecule is Nc1cn2ccnc2c(NCc2ccc(F)c(F)c2)n1. The van der Waals surface area contributed by atoms with E-state index >= 15 is 0 Å². The van der Waals surface area contributed by atoms with E-state index in [9.17, 15) is 8.78 Å². The second-order valence-corrected chi connectivity index (χ2v) is 4.27. The van der Waals surface area contributed by atoms with Gasteiger partial charge in [0.2, 0.25) is 0 Å². The Kier molecular flexibility index (Phi) is 2.94. The third-order valence-corrected chi connectivity index (χ3v) is 2.84. The van der Waals surface area contributed by atoms with Gasteiger partial charge in [-0.25, -0.2) is 18.7 Å². The van der Waals surface area contributed by atoms with Gasteiger partial charge in [-0.05, 0) is 17.7 Å². The molecule has 0 unspecified atom stereocenters. The minimum atomic E-state index is -0.879. The van der Waals surface area contributed by atoms with Crippen molar-refractivity contribution in [2.45, 2.75) is 6.54 Å². The van der Waals surface area contributed by atoms with Crippen molar-refractivity contribution in [2.24, 2.45) is 0 Å². The molecule has 0 fully saturated rings. The zero-order chi connectivity index (χ0) is 14.1. The molecule has 3 rings (SSSR count). The van der Waals surface area contributed by atoms with E-state index in [-0.39, 0.29) is 6.54 Å². The van der Waals surface area contributed by atoms with E-state index in [0.717, 1.165) is 12.1 Å². The minimum Gasteiger partial charge on any atom is -0.382 e. The van der Waals surface area contributed by atoms with Crippen molar-refractivity contribution in [3.8, 4) is 0 Å². The quantitative estimate of drug-likeness (QED) is 0.769. The summed E-state index contributed by atoms with van der Waals surface area (Å²) in [6, 6.07) is 3.72. The maximum atomic E-state index is 13.1. The fraction of sp³-hybridized carbons (Fsp3) is 0.0769. The van der Waals surface area contributed by atoms with Crippen molar-refractivity contribution >= 4 is 17.3 Å². The van der Waals surface area contributed by atoms with E-state index in [4.69, 9.17) is 5.73 Å². The van der Waals surface area contributed by atoms with E-state index in [2.05, 4.69) is 15.3 Å². The molecule has 2 heterocycles. The van der Waals surface area contributed by atoms with Gasteiger partial charge in [0.25, 0.3) is 0 Å². The number of fused-ring (bicyclic) bond motifs is 1. The average Bonchev–Trinajstić information content (AvgIpc) is 2.88. The Labute approximate surface area is 113 Å².